The summed E-state index contributed by atoms with van der Waals surface area (Å²) in [6.07, 6.45) is 0. The fourth-order valence-corrected chi connectivity index (χ4v) is 1.77. The molecule has 2 N–H and O–H groups in total. The third kappa shape index (κ3) is 1.72. The predicted molar refractivity (Wildman–Crippen MR) is 48.9 cm³/mol. The SMILES string of the molecule is CNC1C(=O)NC(=O)C1C(C)(C)C. The van der Waals surface area contributed by atoms with Crippen LogP contribution in [0.3, 0.4) is 0 Å². The van der Waals surface area contributed by atoms with Crippen LogP contribution in [-0.2, 0) is 9.59 Å². The van der Waals surface area contributed by atoms with Gasteiger partial charge in [-0.25, -0.2) is 0 Å². The van der Waals surface area contributed by atoms with E-state index in [0.717, 1.165) is 0 Å². The molecular formula is C9H16N2O2. The molecular weight excluding hydrogens is 168 g/mol. The Labute approximate surface area is 78.1 Å². The zero-order valence-corrected chi connectivity index (χ0v) is 8.47. The van der Waals surface area contributed by atoms with Gasteiger partial charge in [-0.3, -0.25) is 14.9 Å². The van der Waals surface area contributed by atoms with Gasteiger partial charge in [0.15, 0.2) is 0 Å². The summed E-state index contributed by atoms with van der Waals surface area (Å²) in [6, 6.07) is -0.382. The lowest BCUT2D eigenvalue weighted by Crippen LogP contribution is -2.42. The third-order valence-electron chi connectivity index (χ3n) is 2.39. The van der Waals surface area contributed by atoms with E-state index in [-0.39, 0.29) is 29.2 Å². The molecule has 1 heterocycles. The van der Waals surface area contributed by atoms with E-state index in [2.05, 4.69) is 10.6 Å². The Bertz CT molecular complexity index is 242. The lowest BCUT2D eigenvalue weighted by molar-refractivity contribution is -0.127. The van der Waals surface area contributed by atoms with Crippen molar-refractivity contribution < 1.29 is 9.59 Å². The Kier molecular flexibility index (Phi) is 2.43. The van der Waals surface area contributed by atoms with Crippen molar-refractivity contribution in [2.24, 2.45) is 11.3 Å². The van der Waals surface area contributed by atoms with Crippen LogP contribution in [0.4, 0.5) is 0 Å². The van der Waals surface area contributed by atoms with Gasteiger partial charge in [-0.15, -0.1) is 0 Å². The van der Waals surface area contributed by atoms with E-state index in [1.165, 1.54) is 0 Å². The van der Waals surface area contributed by atoms with Crippen molar-refractivity contribution >= 4 is 11.8 Å². The van der Waals surface area contributed by atoms with Crippen LogP contribution < -0.4 is 10.6 Å². The summed E-state index contributed by atoms with van der Waals surface area (Å²) in [4.78, 5) is 22.7. The largest absolute Gasteiger partial charge is 0.308 e. The summed E-state index contributed by atoms with van der Waals surface area (Å²) in [6.45, 7) is 5.88. The lowest BCUT2D eigenvalue weighted by atomic mass is 9.77. The Morgan fingerprint density at radius 3 is 2.08 bits per heavy atom. The second kappa shape index (κ2) is 3.10. The van der Waals surface area contributed by atoms with Crippen LogP contribution in [0.15, 0.2) is 0 Å². The zero-order valence-electron chi connectivity index (χ0n) is 8.47. The summed E-state index contributed by atoms with van der Waals surface area (Å²) >= 11 is 0. The molecule has 0 radical (unpaired) electrons. The van der Waals surface area contributed by atoms with Crippen molar-refractivity contribution in [2.75, 3.05) is 7.05 Å². The van der Waals surface area contributed by atoms with Crippen LogP contribution in [0.25, 0.3) is 0 Å². The molecule has 13 heavy (non-hydrogen) atoms. The zero-order chi connectivity index (χ0) is 10.2. The number of carbonyl (C=O) groups excluding carboxylic acids is 2. The summed E-state index contributed by atoms with van der Waals surface area (Å²) in [5.74, 6) is -0.658. The first kappa shape index (κ1) is 10.2. The molecule has 0 aromatic heterocycles. The minimum Gasteiger partial charge on any atom is -0.308 e. The van der Waals surface area contributed by atoms with E-state index in [9.17, 15) is 9.59 Å². The monoisotopic (exact) mass is 184 g/mol. The molecule has 2 amide bonds. The molecule has 0 aromatic rings. The Hall–Kier alpha value is -0.900. The van der Waals surface area contributed by atoms with Gasteiger partial charge in [0.1, 0.15) is 0 Å². The highest BCUT2D eigenvalue weighted by molar-refractivity contribution is 6.07. The minimum absolute atomic E-state index is 0.170. The highest BCUT2D eigenvalue weighted by Gasteiger charge is 2.46. The van der Waals surface area contributed by atoms with Gasteiger partial charge in [0, 0.05) is 0 Å². The standard InChI is InChI=1S/C9H16N2O2/c1-9(2,3)5-6(10-4)8(13)11-7(5)12/h5-6,10H,1-4H3,(H,11,12,13). The maximum Gasteiger partial charge on any atom is 0.244 e. The molecule has 2 unspecified atom stereocenters. The normalized spacial score (nSPS) is 29.2. The molecule has 0 spiro atoms. The van der Waals surface area contributed by atoms with Gasteiger partial charge in [-0.1, -0.05) is 20.8 Å². The molecule has 4 heteroatoms. The lowest BCUT2D eigenvalue weighted by Gasteiger charge is -2.28. The van der Waals surface area contributed by atoms with E-state index in [1.807, 2.05) is 20.8 Å². The number of imide groups is 1. The van der Waals surface area contributed by atoms with Gasteiger partial charge in [-0.2, -0.15) is 0 Å². The fraction of sp³-hybridized carbons (Fsp3) is 0.778. The van der Waals surface area contributed by atoms with Crippen molar-refractivity contribution in [1.82, 2.24) is 10.6 Å². The number of likely N-dealkylation sites (N-methyl/N-ethyl adjacent to an activating group) is 1. The average Bonchev–Trinajstić information content (AvgIpc) is 2.23. The van der Waals surface area contributed by atoms with Crippen LogP contribution in [0.1, 0.15) is 20.8 Å². The van der Waals surface area contributed by atoms with Gasteiger partial charge in [0.2, 0.25) is 11.8 Å². The Balaban J connectivity index is 2.94. The average molecular weight is 184 g/mol. The van der Waals surface area contributed by atoms with E-state index < -0.39 is 0 Å². The fourth-order valence-electron chi connectivity index (χ4n) is 1.77. The van der Waals surface area contributed by atoms with E-state index in [0.29, 0.717) is 0 Å². The van der Waals surface area contributed by atoms with Crippen molar-refractivity contribution in [3.63, 3.8) is 0 Å². The van der Waals surface area contributed by atoms with Crippen molar-refractivity contribution in [3.8, 4) is 0 Å². The van der Waals surface area contributed by atoms with E-state index >= 15 is 0 Å². The molecule has 4 nitrogen and oxygen atoms in total. The minimum atomic E-state index is -0.382. The molecule has 0 aliphatic carbocycles. The van der Waals surface area contributed by atoms with Gasteiger partial charge < -0.3 is 5.32 Å². The summed E-state index contributed by atoms with van der Waals surface area (Å²) in [5.41, 5.74) is -0.191. The maximum atomic E-state index is 11.4. The third-order valence-corrected chi connectivity index (χ3v) is 2.39. The highest BCUT2D eigenvalue weighted by Crippen LogP contribution is 2.31. The van der Waals surface area contributed by atoms with Gasteiger partial charge in [0.05, 0.1) is 12.0 Å². The number of amides is 2. The summed E-state index contributed by atoms with van der Waals surface area (Å²) in [5, 5.41) is 5.20. The van der Waals surface area contributed by atoms with Crippen molar-refractivity contribution in [3.05, 3.63) is 0 Å². The number of carbonyl (C=O) groups is 2. The van der Waals surface area contributed by atoms with E-state index in [1.54, 1.807) is 7.05 Å². The van der Waals surface area contributed by atoms with Crippen LogP contribution in [-0.4, -0.2) is 24.9 Å². The Morgan fingerprint density at radius 1 is 1.23 bits per heavy atom. The van der Waals surface area contributed by atoms with Crippen LogP contribution in [0, 0.1) is 11.3 Å². The second-order valence-corrected chi connectivity index (χ2v) is 4.46. The second-order valence-electron chi connectivity index (χ2n) is 4.46. The number of nitrogens with one attached hydrogen (secondary N) is 2. The summed E-state index contributed by atoms with van der Waals surface area (Å²) in [7, 11) is 1.70. The maximum absolute atomic E-state index is 11.4. The topological polar surface area (TPSA) is 58.2 Å². The predicted octanol–water partition coefficient (Wildman–Crippen LogP) is -0.107. The molecule has 1 saturated heterocycles. The molecule has 0 saturated carbocycles. The van der Waals surface area contributed by atoms with Crippen molar-refractivity contribution in [1.29, 1.82) is 0 Å². The van der Waals surface area contributed by atoms with Gasteiger partial charge >= 0.3 is 0 Å². The molecule has 1 rings (SSSR count). The molecule has 0 bridgehead atoms. The first-order valence-electron chi connectivity index (χ1n) is 4.40. The van der Waals surface area contributed by atoms with Gasteiger partial charge in [0.25, 0.3) is 0 Å². The molecule has 1 fully saturated rings. The van der Waals surface area contributed by atoms with E-state index in [4.69, 9.17) is 0 Å². The van der Waals surface area contributed by atoms with Crippen LogP contribution >= 0.6 is 0 Å². The number of hydrogen-bond acceptors (Lipinski definition) is 3. The quantitative estimate of drug-likeness (QED) is 0.559. The number of rotatable bonds is 1. The smallest absolute Gasteiger partial charge is 0.244 e. The highest BCUT2D eigenvalue weighted by atomic mass is 16.2. The molecule has 1 aliphatic heterocycles. The van der Waals surface area contributed by atoms with Crippen LogP contribution in [0.5, 0.6) is 0 Å². The molecule has 2 atom stereocenters. The van der Waals surface area contributed by atoms with Crippen LogP contribution in [0.2, 0.25) is 0 Å². The summed E-state index contributed by atoms with van der Waals surface area (Å²) < 4.78 is 0. The molecule has 1 aliphatic rings. The first-order chi connectivity index (χ1) is 5.88. The van der Waals surface area contributed by atoms with Crippen molar-refractivity contribution in [2.45, 2.75) is 26.8 Å². The number of hydrogen-bond donors (Lipinski definition) is 2. The van der Waals surface area contributed by atoms with Gasteiger partial charge in [-0.05, 0) is 12.5 Å². The molecule has 74 valence electrons. The Morgan fingerprint density at radius 2 is 1.77 bits per heavy atom. The molecule has 0 aromatic carbocycles. The first-order valence-corrected chi connectivity index (χ1v) is 4.40.